The first-order valence-corrected chi connectivity index (χ1v) is 5.19. The van der Waals surface area contributed by atoms with Crippen LogP contribution in [0.4, 0.5) is 5.69 Å². The molecule has 2 rings (SSSR count). The van der Waals surface area contributed by atoms with E-state index in [9.17, 15) is 4.79 Å². The van der Waals surface area contributed by atoms with Crippen molar-refractivity contribution >= 4 is 23.2 Å². The summed E-state index contributed by atoms with van der Waals surface area (Å²) in [6, 6.07) is 8.81. The van der Waals surface area contributed by atoms with Gasteiger partial charge in [0.15, 0.2) is 5.69 Å². The van der Waals surface area contributed by atoms with Crippen molar-refractivity contribution in [1.29, 1.82) is 0 Å². The molecule has 4 nitrogen and oxygen atoms in total. The van der Waals surface area contributed by atoms with Crippen molar-refractivity contribution in [2.24, 2.45) is 0 Å². The van der Waals surface area contributed by atoms with Gasteiger partial charge in [-0.05, 0) is 17.7 Å². The van der Waals surface area contributed by atoms with Gasteiger partial charge in [-0.3, -0.25) is 4.79 Å². The molecular formula is C11H9ClN2O2. The molecule has 0 aliphatic heterocycles. The lowest BCUT2D eigenvalue weighted by Crippen LogP contribution is -2.12. The number of nitrogens with zero attached hydrogens (tertiary/aromatic N) is 1. The monoisotopic (exact) mass is 236 g/mol. The summed E-state index contributed by atoms with van der Waals surface area (Å²) in [7, 11) is 0. The second kappa shape index (κ2) is 4.81. The minimum absolute atomic E-state index is 0.247. The van der Waals surface area contributed by atoms with E-state index in [1.54, 1.807) is 6.07 Å². The highest BCUT2D eigenvalue weighted by molar-refractivity contribution is 6.17. The average molecular weight is 237 g/mol. The molecule has 0 saturated carbocycles. The van der Waals surface area contributed by atoms with Crippen LogP contribution in [0.15, 0.2) is 41.1 Å². The van der Waals surface area contributed by atoms with Crippen LogP contribution in [0.5, 0.6) is 0 Å². The first-order chi connectivity index (χ1) is 7.79. The number of benzene rings is 1. The van der Waals surface area contributed by atoms with E-state index in [0.717, 1.165) is 5.56 Å². The second-order valence-electron chi connectivity index (χ2n) is 3.17. The number of nitrogens with one attached hydrogen (secondary N) is 1. The summed E-state index contributed by atoms with van der Waals surface area (Å²) >= 11 is 5.69. The van der Waals surface area contributed by atoms with Crippen molar-refractivity contribution < 1.29 is 9.32 Å². The number of anilines is 1. The summed E-state index contributed by atoms with van der Waals surface area (Å²) in [5, 5.41) is 6.24. The quantitative estimate of drug-likeness (QED) is 0.834. The van der Waals surface area contributed by atoms with E-state index in [1.165, 1.54) is 12.3 Å². The lowest BCUT2D eigenvalue weighted by atomic mass is 10.2. The highest BCUT2D eigenvalue weighted by Crippen LogP contribution is 2.13. The van der Waals surface area contributed by atoms with E-state index in [0.29, 0.717) is 11.6 Å². The van der Waals surface area contributed by atoms with E-state index in [1.807, 2.05) is 18.2 Å². The SMILES string of the molecule is O=C(Nc1cccc(CCl)c1)c1ccon1. The predicted molar refractivity (Wildman–Crippen MR) is 60.5 cm³/mol. The number of amides is 1. The van der Waals surface area contributed by atoms with Gasteiger partial charge < -0.3 is 9.84 Å². The van der Waals surface area contributed by atoms with Crippen molar-refractivity contribution in [3.05, 3.63) is 47.9 Å². The molecule has 0 atom stereocenters. The molecule has 82 valence electrons. The molecule has 1 N–H and O–H groups in total. The first kappa shape index (κ1) is 10.7. The fraction of sp³-hybridized carbons (Fsp3) is 0.0909. The Kier molecular flexibility index (Phi) is 3.22. The third-order valence-electron chi connectivity index (χ3n) is 2.01. The Labute approximate surface area is 97.2 Å². The molecule has 1 aromatic carbocycles. The van der Waals surface area contributed by atoms with Gasteiger partial charge in [0.1, 0.15) is 6.26 Å². The maximum atomic E-state index is 11.6. The zero-order chi connectivity index (χ0) is 11.4. The minimum atomic E-state index is -0.305. The molecule has 0 aliphatic carbocycles. The molecule has 0 aliphatic rings. The molecule has 5 heteroatoms. The third kappa shape index (κ3) is 2.41. The molecule has 2 aromatic rings. The number of hydrogen-bond donors (Lipinski definition) is 1. The zero-order valence-electron chi connectivity index (χ0n) is 8.31. The summed E-state index contributed by atoms with van der Waals surface area (Å²) < 4.78 is 4.59. The average Bonchev–Trinajstić information content (AvgIpc) is 2.83. The van der Waals surface area contributed by atoms with Crippen LogP contribution in [-0.2, 0) is 5.88 Å². The molecule has 16 heavy (non-hydrogen) atoms. The Morgan fingerprint density at radius 2 is 2.31 bits per heavy atom. The minimum Gasteiger partial charge on any atom is -0.364 e. The van der Waals surface area contributed by atoms with Gasteiger partial charge >= 0.3 is 0 Å². The van der Waals surface area contributed by atoms with Crippen LogP contribution in [0.1, 0.15) is 16.1 Å². The van der Waals surface area contributed by atoms with Crippen molar-refractivity contribution in [2.45, 2.75) is 5.88 Å². The second-order valence-corrected chi connectivity index (χ2v) is 3.44. The first-order valence-electron chi connectivity index (χ1n) is 4.66. The Balaban J connectivity index is 2.12. The lowest BCUT2D eigenvalue weighted by Gasteiger charge is -2.03. The molecule has 0 saturated heterocycles. The Morgan fingerprint density at radius 1 is 1.44 bits per heavy atom. The predicted octanol–water partition coefficient (Wildman–Crippen LogP) is 2.67. The number of aromatic nitrogens is 1. The van der Waals surface area contributed by atoms with Gasteiger partial charge in [-0.25, -0.2) is 0 Å². The Bertz CT molecular complexity index is 482. The number of hydrogen-bond acceptors (Lipinski definition) is 3. The summed E-state index contributed by atoms with van der Waals surface area (Å²) in [5.74, 6) is 0.105. The molecule has 1 aromatic heterocycles. The van der Waals surface area contributed by atoms with E-state index in [4.69, 9.17) is 11.6 Å². The molecule has 0 fully saturated rings. The van der Waals surface area contributed by atoms with Crippen molar-refractivity contribution in [2.75, 3.05) is 5.32 Å². The lowest BCUT2D eigenvalue weighted by molar-refractivity contribution is 0.101. The van der Waals surface area contributed by atoms with Crippen LogP contribution in [0.2, 0.25) is 0 Å². The van der Waals surface area contributed by atoms with Gasteiger partial charge in [-0.2, -0.15) is 0 Å². The standard InChI is InChI=1S/C11H9ClN2O2/c12-7-8-2-1-3-9(6-8)13-11(15)10-4-5-16-14-10/h1-6H,7H2,(H,13,15). The van der Waals surface area contributed by atoms with E-state index in [2.05, 4.69) is 15.0 Å². The molecule has 1 amide bonds. The molecule has 1 heterocycles. The van der Waals surface area contributed by atoms with Crippen LogP contribution in [-0.4, -0.2) is 11.1 Å². The van der Waals surface area contributed by atoms with E-state index in [-0.39, 0.29) is 11.6 Å². The van der Waals surface area contributed by atoms with Gasteiger partial charge in [0.2, 0.25) is 0 Å². The molecule has 0 bridgehead atoms. The maximum Gasteiger partial charge on any atom is 0.277 e. The fourth-order valence-corrected chi connectivity index (χ4v) is 1.42. The van der Waals surface area contributed by atoms with Gasteiger partial charge in [0.05, 0.1) is 0 Å². The number of alkyl halides is 1. The molecule has 0 radical (unpaired) electrons. The number of carbonyl (C=O) groups is 1. The molecular weight excluding hydrogens is 228 g/mol. The third-order valence-corrected chi connectivity index (χ3v) is 2.32. The van der Waals surface area contributed by atoms with Crippen molar-refractivity contribution in [3.63, 3.8) is 0 Å². The number of halogens is 1. The van der Waals surface area contributed by atoms with E-state index < -0.39 is 0 Å². The summed E-state index contributed by atoms with van der Waals surface area (Å²) in [6.07, 6.45) is 1.35. The van der Waals surface area contributed by atoms with Gasteiger partial charge in [0, 0.05) is 17.6 Å². The highest BCUT2D eigenvalue weighted by Gasteiger charge is 2.08. The van der Waals surface area contributed by atoms with Crippen LogP contribution in [0.25, 0.3) is 0 Å². The summed E-state index contributed by atoms with van der Waals surface area (Å²) in [5.41, 5.74) is 1.88. The molecule has 0 spiro atoms. The highest BCUT2D eigenvalue weighted by atomic mass is 35.5. The van der Waals surface area contributed by atoms with Gasteiger partial charge in [-0.15, -0.1) is 11.6 Å². The molecule has 0 unspecified atom stereocenters. The van der Waals surface area contributed by atoms with Gasteiger partial charge in [0.25, 0.3) is 5.91 Å². The summed E-state index contributed by atoms with van der Waals surface area (Å²) in [4.78, 5) is 11.6. The topological polar surface area (TPSA) is 55.1 Å². The van der Waals surface area contributed by atoms with Crippen LogP contribution in [0.3, 0.4) is 0 Å². The zero-order valence-corrected chi connectivity index (χ0v) is 9.07. The fourth-order valence-electron chi connectivity index (χ4n) is 1.26. The normalized spacial score (nSPS) is 10.1. The number of carbonyl (C=O) groups excluding carboxylic acids is 1. The van der Waals surface area contributed by atoms with Crippen molar-refractivity contribution in [1.82, 2.24) is 5.16 Å². The summed E-state index contributed by atoms with van der Waals surface area (Å²) in [6.45, 7) is 0. The van der Waals surface area contributed by atoms with Crippen LogP contribution < -0.4 is 5.32 Å². The van der Waals surface area contributed by atoms with Crippen LogP contribution >= 0.6 is 11.6 Å². The van der Waals surface area contributed by atoms with Crippen LogP contribution in [0, 0.1) is 0 Å². The van der Waals surface area contributed by atoms with Gasteiger partial charge in [-0.1, -0.05) is 17.3 Å². The Hall–Kier alpha value is -1.81. The maximum absolute atomic E-state index is 11.6. The Morgan fingerprint density at radius 3 is 3.00 bits per heavy atom. The smallest absolute Gasteiger partial charge is 0.277 e. The number of rotatable bonds is 3. The van der Waals surface area contributed by atoms with Crippen molar-refractivity contribution in [3.8, 4) is 0 Å². The largest absolute Gasteiger partial charge is 0.364 e. The van der Waals surface area contributed by atoms with E-state index >= 15 is 0 Å².